The lowest BCUT2D eigenvalue weighted by atomic mass is 10.0. The molecule has 0 radical (unpaired) electrons. The Kier molecular flexibility index (Phi) is 2.80. The van der Waals surface area contributed by atoms with E-state index < -0.39 is 0 Å². The van der Waals surface area contributed by atoms with E-state index in [0.717, 1.165) is 29.2 Å². The van der Waals surface area contributed by atoms with Gasteiger partial charge in [-0.2, -0.15) is 0 Å². The second-order valence-electron chi connectivity index (χ2n) is 6.98. The second kappa shape index (κ2) is 4.77. The van der Waals surface area contributed by atoms with Crippen molar-refractivity contribution in [1.82, 2.24) is 15.5 Å². The molecule has 2 aromatic rings. The highest BCUT2D eigenvalue weighted by molar-refractivity contribution is 7.71. The second-order valence-corrected chi connectivity index (χ2v) is 7.35. The highest BCUT2D eigenvalue weighted by atomic mass is 32.1. The number of hydrogen-bond acceptors (Lipinski definition) is 4. The van der Waals surface area contributed by atoms with Gasteiger partial charge in [0.25, 0.3) is 10.7 Å². The van der Waals surface area contributed by atoms with E-state index >= 15 is 0 Å². The molecule has 118 valence electrons. The molecule has 5 nitrogen and oxygen atoms in total. The van der Waals surface area contributed by atoms with Crippen LogP contribution >= 0.6 is 12.2 Å². The summed E-state index contributed by atoms with van der Waals surface area (Å²) in [4.78, 5) is 12.7. The van der Waals surface area contributed by atoms with E-state index in [1.54, 1.807) is 0 Å². The van der Waals surface area contributed by atoms with Crippen LogP contribution in [-0.2, 0) is 0 Å². The summed E-state index contributed by atoms with van der Waals surface area (Å²) in [5.41, 5.74) is 1.48. The minimum Gasteiger partial charge on any atom is -0.409 e. The summed E-state index contributed by atoms with van der Waals surface area (Å²) in [6.45, 7) is 0. The molecule has 23 heavy (non-hydrogen) atoms. The number of H-pyrrole nitrogens is 1. The lowest BCUT2D eigenvalue weighted by Gasteiger charge is -2.10. The number of aromatic nitrogens is 2. The standard InChI is InChI=1S/C17H17N3O2S/c21-15(18-14-12-10-5-6-11(7-10)13(12)14)8-1-3-9(4-2-8)16-19-20-17(23)22-16/h1-4,10-14H,5-7H2,(H,18,21)(H,20,23). The van der Waals surface area contributed by atoms with Crippen LogP contribution in [0.2, 0.25) is 0 Å². The third kappa shape index (κ3) is 2.08. The Bertz CT molecular complexity index is 809. The first-order valence-electron chi connectivity index (χ1n) is 8.17. The molecule has 1 amide bonds. The highest BCUT2D eigenvalue weighted by Crippen LogP contribution is 2.65. The lowest BCUT2D eigenvalue weighted by molar-refractivity contribution is 0.0944. The average Bonchev–Trinajstić information content (AvgIpc) is 2.95. The Labute approximate surface area is 138 Å². The van der Waals surface area contributed by atoms with Gasteiger partial charge in [-0.15, -0.1) is 5.10 Å². The van der Waals surface area contributed by atoms with E-state index in [2.05, 4.69) is 15.5 Å². The molecule has 0 saturated heterocycles. The summed E-state index contributed by atoms with van der Waals surface area (Å²) < 4.78 is 5.27. The fourth-order valence-corrected chi connectivity index (χ4v) is 5.00. The maximum absolute atomic E-state index is 12.4. The number of rotatable bonds is 3. The lowest BCUT2D eigenvalue weighted by Crippen LogP contribution is -2.29. The number of fused-ring (bicyclic) bond motifs is 5. The minimum absolute atomic E-state index is 0.0262. The number of amides is 1. The van der Waals surface area contributed by atoms with Gasteiger partial charge in [0.1, 0.15) is 0 Å². The summed E-state index contributed by atoms with van der Waals surface area (Å²) in [5, 5.41) is 9.81. The highest BCUT2D eigenvalue weighted by Gasteiger charge is 2.65. The van der Waals surface area contributed by atoms with E-state index in [0.29, 0.717) is 17.5 Å². The zero-order valence-corrected chi connectivity index (χ0v) is 13.3. The van der Waals surface area contributed by atoms with Crippen LogP contribution < -0.4 is 5.32 Å². The van der Waals surface area contributed by atoms with Crippen molar-refractivity contribution in [2.24, 2.45) is 23.7 Å². The molecular formula is C17H17N3O2S. The fraction of sp³-hybridized carbons (Fsp3) is 0.471. The van der Waals surface area contributed by atoms with Crippen molar-refractivity contribution in [2.75, 3.05) is 0 Å². The van der Waals surface area contributed by atoms with Crippen molar-refractivity contribution in [3.05, 3.63) is 34.7 Å². The van der Waals surface area contributed by atoms with Gasteiger partial charge < -0.3 is 9.73 Å². The predicted molar refractivity (Wildman–Crippen MR) is 86.2 cm³/mol. The van der Waals surface area contributed by atoms with Crippen LogP contribution in [0.3, 0.4) is 0 Å². The minimum atomic E-state index is 0.0262. The summed E-state index contributed by atoms with van der Waals surface area (Å²) in [7, 11) is 0. The molecule has 4 atom stereocenters. The van der Waals surface area contributed by atoms with Gasteiger partial charge in [-0.1, -0.05) is 0 Å². The van der Waals surface area contributed by atoms with Gasteiger partial charge in [0.2, 0.25) is 5.89 Å². The van der Waals surface area contributed by atoms with Crippen molar-refractivity contribution in [2.45, 2.75) is 25.3 Å². The van der Waals surface area contributed by atoms with Crippen molar-refractivity contribution in [1.29, 1.82) is 0 Å². The molecule has 5 rings (SSSR count). The zero-order chi connectivity index (χ0) is 15.6. The monoisotopic (exact) mass is 327 g/mol. The molecule has 0 spiro atoms. The van der Waals surface area contributed by atoms with Gasteiger partial charge in [0.05, 0.1) is 0 Å². The first-order valence-corrected chi connectivity index (χ1v) is 8.58. The summed E-state index contributed by atoms with van der Waals surface area (Å²) >= 11 is 4.87. The number of nitrogens with one attached hydrogen (secondary N) is 2. The molecule has 3 aliphatic carbocycles. The number of carbonyl (C=O) groups is 1. The average molecular weight is 327 g/mol. The topological polar surface area (TPSA) is 70.9 Å². The summed E-state index contributed by atoms with van der Waals surface area (Å²) in [5.74, 6) is 3.71. The molecule has 4 unspecified atom stereocenters. The van der Waals surface area contributed by atoms with Gasteiger partial charge in [-0.3, -0.25) is 4.79 Å². The number of carbonyl (C=O) groups excluding carboxylic acids is 1. The van der Waals surface area contributed by atoms with Crippen molar-refractivity contribution in [3.63, 3.8) is 0 Å². The normalized spacial score (nSPS) is 33.5. The molecule has 2 N–H and O–H groups in total. The Hall–Kier alpha value is -1.95. The van der Waals surface area contributed by atoms with Crippen LogP contribution in [0.1, 0.15) is 29.6 Å². The first-order chi connectivity index (χ1) is 11.2. The molecule has 1 aromatic heterocycles. The Morgan fingerprint density at radius 1 is 1.22 bits per heavy atom. The Balaban J connectivity index is 1.29. The molecule has 3 saturated carbocycles. The van der Waals surface area contributed by atoms with E-state index in [4.69, 9.17) is 16.6 Å². The number of hydrogen-bond donors (Lipinski definition) is 2. The van der Waals surface area contributed by atoms with Crippen LogP contribution in [0, 0.1) is 28.5 Å². The molecule has 0 aliphatic heterocycles. The first kappa shape index (κ1) is 13.5. The van der Waals surface area contributed by atoms with Crippen LogP contribution in [0.15, 0.2) is 28.7 Å². The molecule has 3 aliphatic rings. The van der Waals surface area contributed by atoms with Crippen LogP contribution in [0.4, 0.5) is 0 Å². The van der Waals surface area contributed by atoms with Crippen molar-refractivity contribution in [3.8, 4) is 11.5 Å². The number of aromatic amines is 1. The molecular weight excluding hydrogens is 310 g/mol. The quantitative estimate of drug-likeness (QED) is 0.850. The Morgan fingerprint density at radius 2 is 1.91 bits per heavy atom. The summed E-state index contributed by atoms with van der Waals surface area (Å²) in [6, 6.07) is 7.70. The van der Waals surface area contributed by atoms with Crippen molar-refractivity contribution < 1.29 is 9.21 Å². The van der Waals surface area contributed by atoms with E-state index in [1.807, 2.05) is 24.3 Å². The third-order valence-corrected chi connectivity index (χ3v) is 6.04. The maximum atomic E-state index is 12.4. The van der Waals surface area contributed by atoms with Gasteiger partial charge >= 0.3 is 0 Å². The predicted octanol–water partition coefficient (Wildman–Crippen LogP) is 3.17. The Morgan fingerprint density at radius 3 is 2.52 bits per heavy atom. The van der Waals surface area contributed by atoms with Crippen LogP contribution in [0.25, 0.3) is 11.5 Å². The van der Waals surface area contributed by atoms with Gasteiger partial charge in [-0.25, -0.2) is 5.10 Å². The smallest absolute Gasteiger partial charge is 0.284 e. The maximum Gasteiger partial charge on any atom is 0.284 e. The van der Waals surface area contributed by atoms with Crippen molar-refractivity contribution >= 4 is 18.1 Å². The van der Waals surface area contributed by atoms with E-state index in [9.17, 15) is 4.79 Å². The van der Waals surface area contributed by atoms with Crippen LogP contribution in [-0.4, -0.2) is 22.1 Å². The molecule has 2 bridgehead atoms. The van der Waals surface area contributed by atoms with Gasteiger partial charge in [0.15, 0.2) is 0 Å². The fourth-order valence-electron chi connectivity index (χ4n) is 4.87. The number of benzene rings is 1. The zero-order valence-electron chi connectivity index (χ0n) is 12.5. The summed E-state index contributed by atoms with van der Waals surface area (Å²) in [6.07, 6.45) is 4.13. The number of nitrogens with zero attached hydrogens (tertiary/aromatic N) is 1. The van der Waals surface area contributed by atoms with E-state index in [1.165, 1.54) is 19.3 Å². The molecule has 3 fully saturated rings. The molecule has 6 heteroatoms. The third-order valence-electron chi connectivity index (χ3n) is 5.87. The van der Waals surface area contributed by atoms with E-state index in [-0.39, 0.29) is 10.7 Å². The molecule has 1 aromatic carbocycles. The van der Waals surface area contributed by atoms with Gasteiger partial charge in [-0.05, 0) is 79.4 Å². The molecule has 1 heterocycles. The largest absolute Gasteiger partial charge is 0.409 e. The van der Waals surface area contributed by atoms with Gasteiger partial charge in [0, 0.05) is 17.2 Å². The SMILES string of the molecule is O=C(NC1C2C3CCC(C3)C12)c1ccc(-c2n[nH]c(=S)o2)cc1. The van der Waals surface area contributed by atoms with Crippen LogP contribution in [0.5, 0.6) is 0 Å².